The second-order valence-corrected chi connectivity index (χ2v) is 3.71. The predicted molar refractivity (Wildman–Crippen MR) is 55.9 cm³/mol. The van der Waals surface area contributed by atoms with Crippen LogP contribution in [0.1, 0.15) is 10.5 Å². The number of hydrogen-bond acceptors (Lipinski definition) is 3. The average Bonchev–Trinajstić information content (AvgIpc) is 2.56. The zero-order valence-electron chi connectivity index (χ0n) is 8.03. The van der Waals surface area contributed by atoms with Crippen molar-refractivity contribution in [1.82, 2.24) is 9.88 Å². The number of carbonyl (C=O) groups is 1. The Morgan fingerprint density at radius 3 is 3.00 bits per heavy atom. The minimum absolute atomic E-state index is 0.0527. The molecule has 1 aromatic carbocycles. The van der Waals surface area contributed by atoms with E-state index in [0.717, 1.165) is 16.6 Å². The molecule has 2 heterocycles. The van der Waals surface area contributed by atoms with E-state index in [-0.39, 0.29) is 11.7 Å². The summed E-state index contributed by atoms with van der Waals surface area (Å²) in [7, 11) is 0. The van der Waals surface area contributed by atoms with E-state index in [2.05, 4.69) is 5.32 Å². The molecule has 0 spiro atoms. The Morgan fingerprint density at radius 2 is 2.13 bits per heavy atom. The van der Waals surface area contributed by atoms with E-state index in [0.29, 0.717) is 13.1 Å². The molecular weight excluding hydrogens is 192 g/mol. The number of phenolic OH excluding ortho intramolecular Hbond substituents is 1. The van der Waals surface area contributed by atoms with Gasteiger partial charge in [0.05, 0.1) is 12.1 Å². The average molecular weight is 202 g/mol. The number of rotatable bonds is 0. The smallest absolute Gasteiger partial charge is 0.245 e. The molecule has 1 aliphatic rings. The molecule has 0 atom stereocenters. The largest absolute Gasteiger partial charge is 0.508 e. The number of aromatic nitrogens is 1. The zero-order valence-corrected chi connectivity index (χ0v) is 8.03. The number of carbonyl (C=O) groups excluding carboxylic acids is 1. The Labute approximate surface area is 86.1 Å². The van der Waals surface area contributed by atoms with E-state index in [4.69, 9.17) is 0 Å². The first kappa shape index (κ1) is 8.49. The molecule has 0 saturated carbocycles. The number of phenols is 1. The number of fused-ring (bicyclic) bond motifs is 3. The van der Waals surface area contributed by atoms with Crippen LogP contribution in [0.2, 0.25) is 0 Å². The lowest BCUT2D eigenvalue weighted by Gasteiger charge is -2.15. The molecular formula is C11H10N2O2. The third kappa shape index (κ3) is 1.15. The lowest BCUT2D eigenvalue weighted by molar-refractivity contribution is 0.0900. The lowest BCUT2D eigenvalue weighted by atomic mass is 10.2. The van der Waals surface area contributed by atoms with Crippen molar-refractivity contribution in [3.8, 4) is 5.75 Å². The van der Waals surface area contributed by atoms with E-state index >= 15 is 0 Å². The maximum atomic E-state index is 11.7. The predicted octanol–water partition coefficient (Wildman–Crippen LogP) is 1.09. The van der Waals surface area contributed by atoms with Crippen molar-refractivity contribution >= 4 is 16.8 Å². The van der Waals surface area contributed by atoms with Crippen molar-refractivity contribution in [2.75, 3.05) is 6.54 Å². The minimum atomic E-state index is 0.0527. The van der Waals surface area contributed by atoms with Crippen molar-refractivity contribution < 1.29 is 9.90 Å². The summed E-state index contributed by atoms with van der Waals surface area (Å²) in [6.45, 7) is 1.07. The molecule has 2 N–H and O–H groups in total. The SMILES string of the molecule is O=C1CNCc2cc3cc(O)ccc3n21. The van der Waals surface area contributed by atoms with Crippen LogP contribution in [0.15, 0.2) is 24.3 Å². The van der Waals surface area contributed by atoms with E-state index < -0.39 is 0 Å². The third-order valence-electron chi connectivity index (χ3n) is 2.69. The molecule has 0 unspecified atom stereocenters. The van der Waals surface area contributed by atoms with E-state index in [9.17, 15) is 9.90 Å². The topological polar surface area (TPSA) is 54.3 Å². The van der Waals surface area contributed by atoms with Crippen LogP contribution in [0.5, 0.6) is 5.75 Å². The Morgan fingerprint density at radius 1 is 1.27 bits per heavy atom. The number of nitrogens with zero attached hydrogens (tertiary/aromatic N) is 1. The normalized spacial score (nSPS) is 15.6. The molecule has 0 bridgehead atoms. The highest BCUT2D eigenvalue weighted by molar-refractivity contribution is 5.95. The highest BCUT2D eigenvalue weighted by Gasteiger charge is 2.18. The molecule has 1 aliphatic heterocycles. The second kappa shape index (κ2) is 2.84. The molecule has 1 aromatic heterocycles. The van der Waals surface area contributed by atoms with Gasteiger partial charge in [0.25, 0.3) is 0 Å². The summed E-state index contributed by atoms with van der Waals surface area (Å²) in [5.41, 5.74) is 1.82. The van der Waals surface area contributed by atoms with Crippen LogP contribution in [0.25, 0.3) is 10.9 Å². The summed E-state index contributed by atoms with van der Waals surface area (Å²) in [6.07, 6.45) is 0. The Balaban J connectivity index is 2.36. The molecule has 0 saturated heterocycles. The van der Waals surface area contributed by atoms with E-state index in [1.807, 2.05) is 6.07 Å². The lowest BCUT2D eigenvalue weighted by Crippen LogP contribution is -2.34. The van der Waals surface area contributed by atoms with Crippen molar-refractivity contribution in [3.63, 3.8) is 0 Å². The highest BCUT2D eigenvalue weighted by atomic mass is 16.3. The third-order valence-corrected chi connectivity index (χ3v) is 2.69. The summed E-state index contributed by atoms with van der Waals surface area (Å²) in [5, 5.41) is 13.3. The van der Waals surface area contributed by atoms with Gasteiger partial charge in [0, 0.05) is 17.6 Å². The van der Waals surface area contributed by atoms with Gasteiger partial charge in [-0.05, 0) is 24.3 Å². The molecule has 15 heavy (non-hydrogen) atoms. The first-order chi connectivity index (χ1) is 7.25. The molecule has 76 valence electrons. The van der Waals surface area contributed by atoms with Crippen molar-refractivity contribution in [3.05, 3.63) is 30.0 Å². The number of aromatic hydroxyl groups is 1. The fourth-order valence-corrected chi connectivity index (χ4v) is 2.06. The summed E-state index contributed by atoms with van der Waals surface area (Å²) in [6, 6.07) is 6.98. The van der Waals surface area contributed by atoms with Gasteiger partial charge in [-0.2, -0.15) is 0 Å². The molecule has 4 nitrogen and oxygen atoms in total. The molecule has 0 amide bonds. The van der Waals surface area contributed by atoms with Crippen LogP contribution in [0.3, 0.4) is 0 Å². The maximum Gasteiger partial charge on any atom is 0.245 e. The quantitative estimate of drug-likeness (QED) is 0.672. The van der Waals surface area contributed by atoms with Crippen LogP contribution in [-0.2, 0) is 6.54 Å². The molecule has 0 fully saturated rings. The second-order valence-electron chi connectivity index (χ2n) is 3.71. The van der Waals surface area contributed by atoms with Gasteiger partial charge in [-0.3, -0.25) is 9.36 Å². The summed E-state index contributed by atoms with van der Waals surface area (Å²) >= 11 is 0. The summed E-state index contributed by atoms with van der Waals surface area (Å²) < 4.78 is 1.71. The van der Waals surface area contributed by atoms with Gasteiger partial charge in [-0.15, -0.1) is 0 Å². The fraction of sp³-hybridized carbons (Fsp3) is 0.182. The van der Waals surface area contributed by atoms with Gasteiger partial charge in [-0.25, -0.2) is 0 Å². The van der Waals surface area contributed by atoms with Crippen molar-refractivity contribution in [2.24, 2.45) is 0 Å². The van der Waals surface area contributed by atoms with Crippen molar-refractivity contribution in [1.29, 1.82) is 0 Å². The summed E-state index contributed by atoms with van der Waals surface area (Å²) in [4.78, 5) is 11.7. The standard InChI is InChI=1S/C11H10N2O2/c14-9-1-2-10-7(4-9)3-8-5-12-6-11(15)13(8)10/h1-4,12,14H,5-6H2. The molecule has 3 rings (SSSR count). The van der Waals surface area contributed by atoms with Crippen LogP contribution >= 0.6 is 0 Å². The highest BCUT2D eigenvalue weighted by Crippen LogP contribution is 2.24. The Kier molecular flexibility index (Phi) is 1.61. The van der Waals surface area contributed by atoms with Crippen LogP contribution < -0.4 is 5.32 Å². The number of hydrogen-bond donors (Lipinski definition) is 2. The Hall–Kier alpha value is -1.81. The molecule has 2 aromatic rings. The Bertz CT molecular complexity index is 557. The zero-order chi connectivity index (χ0) is 10.4. The monoisotopic (exact) mass is 202 g/mol. The van der Waals surface area contributed by atoms with Gasteiger partial charge >= 0.3 is 0 Å². The van der Waals surface area contributed by atoms with Gasteiger partial charge in [0.15, 0.2) is 0 Å². The van der Waals surface area contributed by atoms with Crippen LogP contribution in [0.4, 0.5) is 0 Å². The maximum absolute atomic E-state index is 11.7. The van der Waals surface area contributed by atoms with Crippen LogP contribution in [-0.4, -0.2) is 22.1 Å². The first-order valence-electron chi connectivity index (χ1n) is 4.83. The number of nitrogens with one attached hydrogen (secondary N) is 1. The first-order valence-corrected chi connectivity index (χ1v) is 4.83. The minimum Gasteiger partial charge on any atom is -0.508 e. The van der Waals surface area contributed by atoms with Gasteiger partial charge in [-0.1, -0.05) is 0 Å². The van der Waals surface area contributed by atoms with Crippen LogP contribution in [0, 0.1) is 0 Å². The van der Waals surface area contributed by atoms with E-state index in [1.165, 1.54) is 0 Å². The molecule has 4 heteroatoms. The van der Waals surface area contributed by atoms with Crippen molar-refractivity contribution in [2.45, 2.75) is 6.54 Å². The number of benzene rings is 1. The van der Waals surface area contributed by atoms with Gasteiger partial charge in [0.1, 0.15) is 5.75 Å². The summed E-state index contributed by atoms with van der Waals surface area (Å²) in [5.74, 6) is 0.280. The van der Waals surface area contributed by atoms with Gasteiger partial charge < -0.3 is 10.4 Å². The molecule has 0 aliphatic carbocycles. The van der Waals surface area contributed by atoms with Gasteiger partial charge in [0.2, 0.25) is 5.91 Å². The molecule has 0 radical (unpaired) electrons. The van der Waals surface area contributed by atoms with E-state index in [1.54, 1.807) is 22.8 Å². The fourth-order valence-electron chi connectivity index (χ4n) is 2.06.